The molecule has 0 aromatic heterocycles. The third-order valence-electron chi connectivity index (χ3n) is 5.35. The first-order valence-electron chi connectivity index (χ1n) is 8.32. The van der Waals surface area contributed by atoms with E-state index in [-0.39, 0.29) is 5.54 Å². The summed E-state index contributed by atoms with van der Waals surface area (Å²) < 4.78 is 11.3. The maximum Gasteiger partial charge on any atom is 0.0594 e. The van der Waals surface area contributed by atoms with E-state index in [1.807, 2.05) is 0 Å². The summed E-state index contributed by atoms with van der Waals surface area (Å²) in [6.45, 7) is 9.55. The standard InChI is InChI=1S/C16H32N2O2/c1-4-16(2,18-9-12-19-13-10-18)15(17-3)8-7-14-6-5-11-20-14/h14-15,17H,4-13H2,1-3H3. The van der Waals surface area contributed by atoms with Crippen LogP contribution in [0.2, 0.25) is 0 Å². The van der Waals surface area contributed by atoms with Crippen LogP contribution in [-0.4, -0.2) is 62.5 Å². The van der Waals surface area contributed by atoms with E-state index in [4.69, 9.17) is 9.47 Å². The Morgan fingerprint density at radius 3 is 2.60 bits per heavy atom. The Hall–Kier alpha value is -0.160. The normalized spacial score (nSPS) is 29.2. The highest BCUT2D eigenvalue weighted by Crippen LogP contribution is 2.29. The fourth-order valence-electron chi connectivity index (χ4n) is 3.76. The summed E-state index contributed by atoms with van der Waals surface area (Å²) in [4.78, 5) is 2.62. The summed E-state index contributed by atoms with van der Waals surface area (Å²) in [5.41, 5.74) is 0.219. The molecule has 4 heteroatoms. The molecule has 20 heavy (non-hydrogen) atoms. The minimum atomic E-state index is 0.219. The van der Waals surface area contributed by atoms with Gasteiger partial charge in [0.15, 0.2) is 0 Å². The summed E-state index contributed by atoms with van der Waals surface area (Å²) in [7, 11) is 2.11. The van der Waals surface area contributed by atoms with E-state index >= 15 is 0 Å². The van der Waals surface area contributed by atoms with Crippen LogP contribution >= 0.6 is 0 Å². The van der Waals surface area contributed by atoms with Crippen molar-refractivity contribution in [3.05, 3.63) is 0 Å². The van der Waals surface area contributed by atoms with Crippen molar-refractivity contribution < 1.29 is 9.47 Å². The van der Waals surface area contributed by atoms with Crippen LogP contribution in [0.4, 0.5) is 0 Å². The number of likely N-dealkylation sites (N-methyl/N-ethyl adjacent to an activating group) is 1. The van der Waals surface area contributed by atoms with Gasteiger partial charge in [-0.25, -0.2) is 0 Å². The molecule has 2 rings (SSSR count). The Morgan fingerprint density at radius 1 is 1.30 bits per heavy atom. The van der Waals surface area contributed by atoms with Crippen LogP contribution < -0.4 is 5.32 Å². The molecule has 2 saturated heterocycles. The summed E-state index contributed by atoms with van der Waals surface area (Å²) in [6, 6.07) is 0.523. The van der Waals surface area contributed by atoms with E-state index in [0.717, 1.165) is 32.9 Å². The van der Waals surface area contributed by atoms with Crippen molar-refractivity contribution in [2.24, 2.45) is 0 Å². The summed E-state index contributed by atoms with van der Waals surface area (Å²) >= 11 is 0. The molecule has 0 aliphatic carbocycles. The van der Waals surface area contributed by atoms with Gasteiger partial charge in [0.1, 0.15) is 0 Å². The average Bonchev–Trinajstić information content (AvgIpc) is 3.01. The second kappa shape index (κ2) is 7.74. The van der Waals surface area contributed by atoms with Gasteiger partial charge in [0.2, 0.25) is 0 Å². The van der Waals surface area contributed by atoms with Crippen molar-refractivity contribution in [3.63, 3.8) is 0 Å². The Balaban J connectivity index is 1.93. The lowest BCUT2D eigenvalue weighted by atomic mass is 9.83. The zero-order valence-corrected chi connectivity index (χ0v) is 13.5. The number of hydrogen-bond acceptors (Lipinski definition) is 4. The van der Waals surface area contributed by atoms with E-state index in [1.54, 1.807) is 0 Å². The van der Waals surface area contributed by atoms with Gasteiger partial charge >= 0.3 is 0 Å². The zero-order chi connectivity index (χ0) is 14.4. The quantitative estimate of drug-likeness (QED) is 0.776. The Labute approximate surface area is 124 Å². The molecule has 0 spiro atoms. The van der Waals surface area contributed by atoms with Crippen LogP contribution in [0.25, 0.3) is 0 Å². The fourth-order valence-corrected chi connectivity index (χ4v) is 3.76. The molecule has 0 amide bonds. The molecule has 0 saturated carbocycles. The molecule has 1 N–H and O–H groups in total. The van der Waals surface area contributed by atoms with Gasteiger partial charge in [-0.05, 0) is 46.1 Å². The topological polar surface area (TPSA) is 33.7 Å². The predicted octanol–water partition coefficient (Wildman–Crippen LogP) is 2.03. The summed E-state index contributed by atoms with van der Waals surface area (Å²) in [5.74, 6) is 0. The Bertz CT molecular complexity index is 276. The molecule has 0 bridgehead atoms. The van der Waals surface area contributed by atoms with Gasteiger partial charge < -0.3 is 14.8 Å². The lowest BCUT2D eigenvalue weighted by Crippen LogP contribution is -2.61. The molecule has 2 fully saturated rings. The van der Waals surface area contributed by atoms with Crippen molar-refractivity contribution in [2.75, 3.05) is 40.0 Å². The molecular formula is C16H32N2O2. The monoisotopic (exact) mass is 284 g/mol. The van der Waals surface area contributed by atoms with Crippen LogP contribution in [-0.2, 0) is 9.47 Å². The van der Waals surface area contributed by atoms with Crippen LogP contribution in [0.1, 0.15) is 46.0 Å². The molecule has 0 aromatic carbocycles. The highest BCUT2D eigenvalue weighted by Gasteiger charge is 2.38. The van der Waals surface area contributed by atoms with Crippen molar-refractivity contribution in [3.8, 4) is 0 Å². The second-order valence-corrected chi connectivity index (χ2v) is 6.36. The Kier molecular flexibility index (Phi) is 6.27. The molecule has 2 heterocycles. The summed E-state index contributed by atoms with van der Waals surface area (Å²) in [5, 5.41) is 3.58. The number of nitrogens with zero attached hydrogens (tertiary/aromatic N) is 1. The predicted molar refractivity (Wildman–Crippen MR) is 82.1 cm³/mol. The number of hydrogen-bond donors (Lipinski definition) is 1. The van der Waals surface area contributed by atoms with E-state index < -0.39 is 0 Å². The third kappa shape index (κ3) is 3.73. The van der Waals surface area contributed by atoms with Gasteiger partial charge in [-0.1, -0.05) is 6.92 Å². The van der Waals surface area contributed by atoms with Crippen molar-refractivity contribution >= 4 is 0 Å². The van der Waals surface area contributed by atoms with Gasteiger partial charge in [-0.15, -0.1) is 0 Å². The first-order valence-corrected chi connectivity index (χ1v) is 8.32. The molecule has 4 nitrogen and oxygen atoms in total. The van der Waals surface area contributed by atoms with Gasteiger partial charge in [0.25, 0.3) is 0 Å². The van der Waals surface area contributed by atoms with Crippen LogP contribution in [0.15, 0.2) is 0 Å². The number of rotatable bonds is 7. The zero-order valence-electron chi connectivity index (χ0n) is 13.5. The highest BCUT2D eigenvalue weighted by molar-refractivity contribution is 4.96. The number of nitrogens with one attached hydrogen (secondary N) is 1. The van der Waals surface area contributed by atoms with E-state index in [2.05, 4.69) is 31.1 Å². The van der Waals surface area contributed by atoms with Crippen LogP contribution in [0.3, 0.4) is 0 Å². The Morgan fingerprint density at radius 2 is 2.05 bits per heavy atom. The first kappa shape index (κ1) is 16.2. The lowest BCUT2D eigenvalue weighted by Gasteiger charge is -2.48. The smallest absolute Gasteiger partial charge is 0.0594 e. The molecule has 3 atom stereocenters. The highest BCUT2D eigenvalue weighted by atomic mass is 16.5. The van der Waals surface area contributed by atoms with E-state index in [9.17, 15) is 0 Å². The molecular weight excluding hydrogens is 252 g/mol. The molecule has 0 aromatic rings. The average molecular weight is 284 g/mol. The molecule has 2 aliphatic rings. The van der Waals surface area contributed by atoms with Gasteiger partial charge in [0, 0.05) is 31.3 Å². The molecule has 2 aliphatic heterocycles. The fraction of sp³-hybridized carbons (Fsp3) is 1.00. The van der Waals surface area contributed by atoms with E-state index in [0.29, 0.717) is 12.1 Å². The third-order valence-corrected chi connectivity index (χ3v) is 5.35. The minimum Gasteiger partial charge on any atom is -0.379 e. The van der Waals surface area contributed by atoms with Crippen molar-refractivity contribution in [1.29, 1.82) is 0 Å². The summed E-state index contributed by atoms with van der Waals surface area (Å²) in [6.07, 6.45) is 6.54. The molecule has 118 valence electrons. The van der Waals surface area contributed by atoms with Gasteiger partial charge in [-0.2, -0.15) is 0 Å². The first-order chi connectivity index (χ1) is 9.70. The largest absolute Gasteiger partial charge is 0.379 e. The van der Waals surface area contributed by atoms with Gasteiger partial charge in [-0.3, -0.25) is 4.90 Å². The molecule has 3 unspecified atom stereocenters. The van der Waals surface area contributed by atoms with Crippen molar-refractivity contribution in [2.45, 2.75) is 63.6 Å². The maximum absolute atomic E-state index is 5.78. The lowest BCUT2D eigenvalue weighted by molar-refractivity contribution is -0.0343. The number of morpholine rings is 1. The van der Waals surface area contributed by atoms with Crippen LogP contribution in [0.5, 0.6) is 0 Å². The SMILES string of the molecule is CCC(C)(C(CCC1CCCO1)NC)N1CCOCC1. The molecule has 0 radical (unpaired) electrons. The van der Waals surface area contributed by atoms with Crippen molar-refractivity contribution in [1.82, 2.24) is 10.2 Å². The minimum absolute atomic E-state index is 0.219. The maximum atomic E-state index is 5.78. The number of ether oxygens (including phenoxy) is 2. The van der Waals surface area contributed by atoms with Gasteiger partial charge in [0.05, 0.1) is 19.3 Å². The second-order valence-electron chi connectivity index (χ2n) is 6.36. The van der Waals surface area contributed by atoms with Crippen LogP contribution in [0, 0.1) is 0 Å². The van der Waals surface area contributed by atoms with E-state index in [1.165, 1.54) is 32.1 Å².